The molecule has 3 aliphatic rings. The number of nitrogens with zero attached hydrogens (tertiary/aromatic N) is 1. The summed E-state index contributed by atoms with van der Waals surface area (Å²) in [6.45, 7) is 7.26. The number of hydrogen-bond acceptors (Lipinski definition) is 2. The van der Waals surface area contributed by atoms with Gasteiger partial charge in [-0.25, -0.2) is 0 Å². The molecule has 210 valence electrons. The van der Waals surface area contributed by atoms with Gasteiger partial charge in [-0.05, 0) is 73.5 Å². The van der Waals surface area contributed by atoms with E-state index in [0.29, 0.717) is 30.9 Å². The predicted molar refractivity (Wildman–Crippen MR) is 137 cm³/mol. The number of carbonyl (C=O) groups excluding carboxylic acids is 1. The molecule has 39 heavy (non-hydrogen) atoms. The molecule has 3 nitrogen and oxygen atoms in total. The van der Waals surface area contributed by atoms with Crippen molar-refractivity contribution in [1.29, 1.82) is 0 Å². The first-order valence-corrected chi connectivity index (χ1v) is 13.3. The normalized spacial score (nSPS) is 29.7. The van der Waals surface area contributed by atoms with Crippen molar-refractivity contribution in [1.82, 2.24) is 10.2 Å². The summed E-state index contributed by atoms with van der Waals surface area (Å²) in [7, 11) is 0. The molecule has 5 rings (SSSR count). The van der Waals surface area contributed by atoms with Crippen molar-refractivity contribution in [2.24, 2.45) is 11.3 Å². The molecule has 1 saturated heterocycles. The Morgan fingerprint density at radius 2 is 1.64 bits per heavy atom. The summed E-state index contributed by atoms with van der Waals surface area (Å²) < 4.78 is 79.6. The van der Waals surface area contributed by atoms with Crippen LogP contribution in [0.25, 0.3) is 6.08 Å². The molecule has 0 aromatic heterocycles. The van der Waals surface area contributed by atoms with Crippen molar-refractivity contribution in [3.05, 3.63) is 76.4 Å². The van der Waals surface area contributed by atoms with E-state index in [1.165, 1.54) is 18.1 Å². The number of alkyl halides is 6. The molecule has 1 saturated carbocycles. The average molecular weight is 551 g/mol. The minimum absolute atomic E-state index is 0.0210. The minimum Gasteiger partial charge on any atom is -0.349 e. The van der Waals surface area contributed by atoms with Gasteiger partial charge >= 0.3 is 12.4 Å². The molecule has 9 heteroatoms. The molecule has 0 bridgehead atoms. The van der Waals surface area contributed by atoms with Gasteiger partial charge in [-0.1, -0.05) is 50.3 Å². The number of likely N-dealkylation sites (tertiary alicyclic amines) is 1. The monoisotopic (exact) mass is 550 g/mol. The Kier molecular flexibility index (Phi) is 6.68. The van der Waals surface area contributed by atoms with Crippen LogP contribution in [0.15, 0.2) is 48.5 Å². The smallest absolute Gasteiger partial charge is 0.349 e. The van der Waals surface area contributed by atoms with E-state index in [0.717, 1.165) is 19.5 Å². The molecule has 1 aliphatic heterocycles. The fourth-order valence-electron chi connectivity index (χ4n) is 6.66. The minimum atomic E-state index is -4.94. The summed E-state index contributed by atoms with van der Waals surface area (Å²) in [6, 6.07) is 9.11. The molecule has 2 unspecified atom stereocenters. The van der Waals surface area contributed by atoms with E-state index in [4.69, 9.17) is 0 Å². The fourth-order valence-corrected chi connectivity index (χ4v) is 6.66. The zero-order valence-corrected chi connectivity index (χ0v) is 22.1. The third kappa shape index (κ3) is 4.98. The van der Waals surface area contributed by atoms with Crippen LogP contribution < -0.4 is 5.32 Å². The van der Waals surface area contributed by atoms with Gasteiger partial charge in [0, 0.05) is 23.4 Å². The lowest BCUT2D eigenvalue weighted by molar-refractivity contribution is -0.143. The Morgan fingerprint density at radius 1 is 1.03 bits per heavy atom. The van der Waals surface area contributed by atoms with Gasteiger partial charge in [0.05, 0.1) is 17.2 Å². The molecule has 1 N–H and O–H groups in total. The average Bonchev–Trinajstić information content (AvgIpc) is 3.22. The molecule has 2 fully saturated rings. The van der Waals surface area contributed by atoms with E-state index in [1.807, 2.05) is 13.0 Å². The lowest BCUT2D eigenvalue weighted by Crippen LogP contribution is -2.59. The maximum atomic E-state index is 13.3. The molecule has 2 aliphatic carbocycles. The Hall–Kier alpha value is -2.81. The zero-order valence-electron chi connectivity index (χ0n) is 22.1. The van der Waals surface area contributed by atoms with Gasteiger partial charge in [0.25, 0.3) is 0 Å². The topological polar surface area (TPSA) is 32.3 Å². The number of piperidine rings is 1. The predicted octanol–water partition coefficient (Wildman–Crippen LogP) is 7.38. The fraction of sp³-hybridized carbons (Fsp3) is 0.500. The first-order chi connectivity index (χ1) is 18.1. The van der Waals surface area contributed by atoms with Crippen molar-refractivity contribution >= 4 is 12.0 Å². The van der Waals surface area contributed by atoms with Crippen LogP contribution >= 0.6 is 0 Å². The van der Waals surface area contributed by atoms with Crippen molar-refractivity contribution < 1.29 is 31.1 Å². The highest BCUT2D eigenvalue weighted by molar-refractivity contribution is 5.84. The third-order valence-corrected chi connectivity index (χ3v) is 9.12. The van der Waals surface area contributed by atoms with Crippen LogP contribution in [0.4, 0.5) is 26.3 Å². The third-order valence-electron chi connectivity index (χ3n) is 9.12. The van der Waals surface area contributed by atoms with E-state index in [1.54, 1.807) is 0 Å². The molecule has 1 amide bonds. The van der Waals surface area contributed by atoms with Crippen LogP contribution in [0.5, 0.6) is 0 Å². The molecule has 2 aromatic carbocycles. The van der Waals surface area contributed by atoms with E-state index >= 15 is 0 Å². The quantitative estimate of drug-likeness (QED) is 0.403. The van der Waals surface area contributed by atoms with Crippen LogP contribution in [0.1, 0.15) is 73.9 Å². The maximum Gasteiger partial charge on any atom is 0.416 e. The number of benzene rings is 2. The first kappa shape index (κ1) is 27.7. The number of hydrogen-bond donors (Lipinski definition) is 1. The van der Waals surface area contributed by atoms with E-state index in [9.17, 15) is 31.1 Å². The zero-order chi connectivity index (χ0) is 28.4. The van der Waals surface area contributed by atoms with Crippen molar-refractivity contribution in [2.75, 3.05) is 13.1 Å². The number of rotatable bonds is 4. The number of halogens is 6. The summed E-state index contributed by atoms with van der Waals surface area (Å²) in [5.74, 6) is 0.0296. The molecule has 3 atom stereocenters. The highest BCUT2D eigenvalue weighted by Gasteiger charge is 2.51. The highest BCUT2D eigenvalue weighted by atomic mass is 19.4. The van der Waals surface area contributed by atoms with Gasteiger partial charge in [0.15, 0.2) is 0 Å². The second-order valence-corrected chi connectivity index (χ2v) is 11.8. The lowest BCUT2D eigenvalue weighted by atomic mass is 9.63. The van der Waals surface area contributed by atoms with Gasteiger partial charge in [0.2, 0.25) is 5.91 Å². The Morgan fingerprint density at radius 3 is 2.23 bits per heavy atom. The van der Waals surface area contributed by atoms with Crippen molar-refractivity contribution in [2.45, 2.75) is 69.9 Å². The summed E-state index contributed by atoms with van der Waals surface area (Å²) in [5, 5.41) is 2.68. The second-order valence-electron chi connectivity index (χ2n) is 11.8. The Balaban J connectivity index is 1.22. The molecule has 2 aromatic rings. The van der Waals surface area contributed by atoms with Gasteiger partial charge in [0.1, 0.15) is 0 Å². The number of carbonyl (C=O) groups is 1. The highest BCUT2D eigenvalue weighted by Crippen LogP contribution is 2.50. The summed E-state index contributed by atoms with van der Waals surface area (Å²) in [5.41, 5.74) is -1.08. The standard InChI is InChI=1S/C30H32F6N2O/c1-18-17-38(11-10-28(18)9-8-20-6-4-5-7-25(20)28)24-15-27(3,16-24)26(39)37-19(2)21-12-22(29(31,32)33)14-23(13-21)30(34,35)36/h4-9,12-14,18-19,24H,10-11,15-17H2,1-3H3,(H,37,39)/t18-,19?,24?,27?,28?/m0/s1. The molecule has 0 radical (unpaired) electrons. The largest absolute Gasteiger partial charge is 0.416 e. The van der Waals surface area contributed by atoms with E-state index < -0.39 is 34.9 Å². The molecular weight excluding hydrogens is 518 g/mol. The number of fused-ring (bicyclic) bond motifs is 2. The van der Waals surface area contributed by atoms with Crippen LogP contribution in [-0.2, 0) is 22.6 Å². The molecule has 1 spiro atoms. The number of allylic oxidation sites excluding steroid dienone is 1. The van der Waals surface area contributed by atoms with Crippen LogP contribution in [0.2, 0.25) is 0 Å². The Bertz CT molecular complexity index is 1260. The van der Waals surface area contributed by atoms with Crippen LogP contribution in [0.3, 0.4) is 0 Å². The van der Waals surface area contributed by atoms with E-state index in [-0.39, 0.29) is 29.0 Å². The van der Waals surface area contributed by atoms with Gasteiger partial charge in [-0.15, -0.1) is 0 Å². The van der Waals surface area contributed by atoms with Crippen molar-refractivity contribution in [3.63, 3.8) is 0 Å². The number of nitrogens with one attached hydrogen (secondary N) is 1. The SMILES string of the molecule is CC(NC(=O)C1(C)CC(N2CCC3(C=Cc4ccccc43)[C@@H](C)C2)C1)c1cc(C(F)(F)F)cc(C(F)(F)F)c1. The summed E-state index contributed by atoms with van der Waals surface area (Å²) in [4.78, 5) is 15.6. The van der Waals surface area contributed by atoms with Crippen molar-refractivity contribution in [3.8, 4) is 0 Å². The van der Waals surface area contributed by atoms with Gasteiger partial charge in [-0.3, -0.25) is 9.69 Å². The summed E-state index contributed by atoms with van der Waals surface area (Å²) >= 11 is 0. The van der Waals surface area contributed by atoms with Gasteiger partial charge < -0.3 is 5.32 Å². The lowest BCUT2D eigenvalue weighted by Gasteiger charge is -2.54. The van der Waals surface area contributed by atoms with Gasteiger partial charge in [-0.2, -0.15) is 26.3 Å². The summed E-state index contributed by atoms with van der Waals surface area (Å²) in [6.07, 6.45) is -3.18. The first-order valence-electron chi connectivity index (χ1n) is 13.3. The maximum absolute atomic E-state index is 13.3. The van der Waals surface area contributed by atoms with Crippen LogP contribution in [-0.4, -0.2) is 29.9 Å². The second kappa shape index (κ2) is 9.39. The number of amides is 1. The molecule has 1 heterocycles. The van der Waals surface area contributed by atoms with Crippen LogP contribution in [0, 0.1) is 11.3 Å². The Labute approximate surface area is 224 Å². The van der Waals surface area contributed by atoms with E-state index in [2.05, 4.69) is 47.5 Å². The molecular formula is C30H32F6N2O.